The van der Waals surface area contributed by atoms with Gasteiger partial charge in [-0.25, -0.2) is 9.37 Å². The molecule has 0 saturated heterocycles. The number of halogens is 1. The molecular formula is C15H19FN2OS. The molecule has 20 heavy (non-hydrogen) atoms. The number of rotatable bonds is 6. The maximum atomic E-state index is 13.9. The van der Waals surface area contributed by atoms with Crippen LogP contribution in [0.1, 0.15) is 30.1 Å². The molecule has 2 aromatic rings. The molecule has 2 rings (SSSR count). The molecule has 0 radical (unpaired) electrons. The van der Waals surface area contributed by atoms with Crippen LogP contribution in [0.5, 0.6) is 5.75 Å². The van der Waals surface area contributed by atoms with Gasteiger partial charge >= 0.3 is 0 Å². The number of ether oxygens (including phenoxy) is 1. The average Bonchev–Trinajstić information content (AvgIpc) is 2.85. The van der Waals surface area contributed by atoms with Gasteiger partial charge in [-0.05, 0) is 37.5 Å². The third kappa shape index (κ3) is 4.02. The predicted octanol–water partition coefficient (Wildman–Crippen LogP) is 3.31. The van der Waals surface area contributed by atoms with E-state index in [1.807, 2.05) is 18.4 Å². The van der Waals surface area contributed by atoms with Crippen molar-refractivity contribution in [3.63, 3.8) is 0 Å². The molecule has 0 fully saturated rings. The van der Waals surface area contributed by atoms with Gasteiger partial charge < -0.3 is 10.5 Å². The Labute approximate surface area is 122 Å². The first kappa shape index (κ1) is 14.9. The monoisotopic (exact) mass is 294 g/mol. The predicted molar refractivity (Wildman–Crippen MR) is 79.6 cm³/mol. The van der Waals surface area contributed by atoms with Gasteiger partial charge in [0.05, 0.1) is 10.7 Å². The molecule has 0 aliphatic rings. The van der Waals surface area contributed by atoms with Crippen LogP contribution in [0.25, 0.3) is 0 Å². The zero-order chi connectivity index (χ0) is 14.5. The van der Waals surface area contributed by atoms with Crippen molar-refractivity contribution < 1.29 is 9.13 Å². The lowest BCUT2D eigenvalue weighted by Crippen LogP contribution is -2.17. The van der Waals surface area contributed by atoms with Gasteiger partial charge in [0.1, 0.15) is 6.61 Å². The summed E-state index contributed by atoms with van der Waals surface area (Å²) in [5.74, 6) is -0.0985. The second kappa shape index (κ2) is 6.81. The first-order valence-electron chi connectivity index (χ1n) is 6.68. The van der Waals surface area contributed by atoms with E-state index in [9.17, 15) is 4.39 Å². The fourth-order valence-electron chi connectivity index (χ4n) is 1.89. The summed E-state index contributed by atoms with van der Waals surface area (Å²) in [7, 11) is 0. The van der Waals surface area contributed by atoms with Crippen LogP contribution in [0, 0.1) is 5.82 Å². The Hall–Kier alpha value is -1.46. The smallest absolute Gasteiger partial charge is 0.165 e. The molecular weight excluding hydrogens is 275 g/mol. The Morgan fingerprint density at radius 1 is 1.45 bits per heavy atom. The summed E-state index contributed by atoms with van der Waals surface area (Å²) in [6, 6.07) is 5.00. The number of aryl methyl sites for hydroxylation is 1. The Bertz CT molecular complexity index is 569. The van der Waals surface area contributed by atoms with Gasteiger partial charge in [-0.3, -0.25) is 0 Å². The number of hydrogen-bond donors (Lipinski definition) is 1. The number of hydrogen-bond acceptors (Lipinski definition) is 4. The number of thiazole rings is 1. The molecule has 1 aromatic heterocycles. The summed E-state index contributed by atoms with van der Waals surface area (Å²) in [6.07, 6.45) is 1.56. The van der Waals surface area contributed by atoms with Crippen molar-refractivity contribution in [2.75, 3.05) is 0 Å². The molecule has 1 aromatic carbocycles. The van der Waals surface area contributed by atoms with Crippen LogP contribution in [-0.2, 0) is 19.4 Å². The fraction of sp³-hybridized carbons (Fsp3) is 0.400. The Kier molecular flexibility index (Phi) is 5.09. The Balaban J connectivity index is 1.99. The molecule has 3 nitrogen and oxygen atoms in total. The van der Waals surface area contributed by atoms with Crippen LogP contribution in [0.2, 0.25) is 0 Å². The van der Waals surface area contributed by atoms with E-state index >= 15 is 0 Å². The zero-order valence-electron chi connectivity index (χ0n) is 11.7. The van der Waals surface area contributed by atoms with E-state index in [-0.39, 0.29) is 17.6 Å². The molecule has 0 bridgehead atoms. The maximum Gasteiger partial charge on any atom is 0.165 e. The van der Waals surface area contributed by atoms with Crippen LogP contribution in [-0.4, -0.2) is 11.0 Å². The summed E-state index contributed by atoms with van der Waals surface area (Å²) < 4.78 is 19.4. The normalized spacial score (nSPS) is 12.4. The second-order valence-corrected chi connectivity index (χ2v) is 5.76. The van der Waals surface area contributed by atoms with Gasteiger partial charge in [0.15, 0.2) is 11.6 Å². The van der Waals surface area contributed by atoms with E-state index < -0.39 is 0 Å². The topological polar surface area (TPSA) is 48.1 Å². The van der Waals surface area contributed by atoms with Crippen LogP contribution in [0.3, 0.4) is 0 Å². The Morgan fingerprint density at radius 2 is 2.25 bits per heavy atom. The highest BCUT2D eigenvalue weighted by Gasteiger charge is 2.08. The van der Waals surface area contributed by atoms with E-state index in [1.54, 1.807) is 17.4 Å². The average molecular weight is 294 g/mol. The van der Waals surface area contributed by atoms with Crippen LogP contribution < -0.4 is 10.5 Å². The number of aromatic nitrogens is 1. The largest absolute Gasteiger partial charge is 0.484 e. The molecule has 108 valence electrons. The summed E-state index contributed by atoms with van der Waals surface area (Å²) in [6.45, 7) is 4.25. The van der Waals surface area contributed by atoms with E-state index in [0.29, 0.717) is 13.0 Å². The molecule has 0 spiro atoms. The standard InChI is InChI=1S/C15H19FN2OS/c1-3-15-18-12(9-20-15)8-19-14-5-4-11(6-10(2)17)7-13(14)16/h4-5,7,9-10H,3,6,8,17H2,1-2H3. The zero-order valence-corrected chi connectivity index (χ0v) is 12.5. The summed E-state index contributed by atoms with van der Waals surface area (Å²) in [4.78, 5) is 4.38. The van der Waals surface area contributed by atoms with Gasteiger partial charge in [0.2, 0.25) is 0 Å². The lowest BCUT2D eigenvalue weighted by atomic mass is 10.1. The second-order valence-electron chi connectivity index (χ2n) is 4.82. The first-order valence-corrected chi connectivity index (χ1v) is 7.56. The van der Waals surface area contributed by atoms with E-state index in [4.69, 9.17) is 10.5 Å². The van der Waals surface area contributed by atoms with Crippen LogP contribution in [0.4, 0.5) is 4.39 Å². The number of nitrogens with zero attached hydrogens (tertiary/aromatic N) is 1. The van der Waals surface area contributed by atoms with Crippen molar-refractivity contribution in [3.8, 4) is 5.75 Å². The minimum atomic E-state index is -0.353. The summed E-state index contributed by atoms with van der Waals surface area (Å²) in [5.41, 5.74) is 7.42. The van der Waals surface area contributed by atoms with Gasteiger partial charge in [-0.2, -0.15) is 0 Å². The summed E-state index contributed by atoms with van der Waals surface area (Å²) in [5, 5.41) is 3.01. The molecule has 0 amide bonds. The van der Waals surface area contributed by atoms with Crippen molar-refractivity contribution in [3.05, 3.63) is 45.7 Å². The molecule has 0 saturated carbocycles. The number of benzene rings is 1. The fourth-order valence-corrected chi connectivity index (χ4v) is 2.62. The molecule has 1 atom stereocenters. The molecule has 5 heteroatoms. The minimum Gasteiger partial charge on any atom is -0.484 e. The minimum absolute atomic E-state index is 0.0173. The Morgan fingerprint density at radius 3 is 2.85 bits per heavy atom. The van der Waals surface area contributed by atoms with Gasteiger partial charge in [0.25, 0.3) is 0 Å². The lowest BCUT2D eigenvalue weighted by molar-refractivity contribution is 0.286. The third-order valence-corrected chi connectivity index (χ3v) is 3.87. The highest BCUT2D eigenvalue weighted by Crippen LogP contribution is 2.21. The van der Waals surface area contributed by atoms with Crippen LogP contribution >= 0.6 is 11.3 Å². The van der Waals surface area contributed by atoms with E-state index in [0.717, 1.165) is 22.7 Å². The highest BCUT2D eigenvalue weighted by molar-refractivity contribution is 7.09. The highest BCUT2D eigenvalue weighted by atomic mass is 32.1. The quantitative estimate of drug-likeness (QED) is 0.889. The SMILES string of the molecule is CCc1nc(COc2ccc(CC(C)N)cc2F)cs1. The van der Waals surface area contributed by atoms with Gasteiger partial charge in [0, 0.05) is 11.4 Å². The van der Waals surface area contributed by atoms with E-state index in [2.05, 4.69) is 11.9 Å². The lowest BCUT2D eigenvalue weighted by Gasteiger charge is -2.09. The van der Waals surface area contributed by atoms with Gasteiger partial charge in [-0.15, -0.1) is 11.3 Å². The van der Waals surface area contributed by atoms with E-state index in [1.165, 1.54) is 6.07 Å². The van der Waals surface area contributed by atoms with Gasteiger partial charge in [-0.1, -0.05) is 13.0 Å². The summed E-state index contributed by atoms with van der Waals surface area (Å²) >= 11 is 1.60. The molecule has 1 unspecified atom stereocenters. The van der Waals surface area contributed by atoms with Crippen molar-refractivity contribution >= 4 is 11.3 Å². The molecule has 0 aliphatic carbocycles. The van der Waals surface area contributed by atoms with Crippen molar-refractivity contribution in [2.45, 2.75) is 39.3 Å². The maximum absolute atomic E-state index is 13.9. The molecule has 0 aliphatic heterocycles. The van der Waals surface area contributed by atoms with Crippen molar-refractivity contribution in [2.24, 2.45) is 5.73 Å². The molecule has 1 heterocycles. The van der Waals surface area contributed by atoms with Crippen molar-refractivity contribution in [1.29, 1.82) is 0 Å². The first-order chi connectivity index (χ1) is 9.58. The van der Waals surface area contributed by atoms with Crippen LogP contribution in [0.15, 0.2) is 23.6 Å². The third-order valence-electron chi connectivity index (χ3n) is 2.83. The molecule has 2 N–H and O–H groups in total. The van der Waals surface area contributed by atoms with Crippen molar-refractivity contribution in [1.82, 2.24) is 4.98 Å². The number of nitrogens with two attached hydrogens (primary N) is 1.